The van der Waals surface area contributed by atoms with Gasteiger partial charge in [-0.1, -0.05) is 18.2 Å². The summed E-state index contributed by atoms with van der Waals surface area (Å²) < 4.78 is 27.3. The van der Waals surface area contributed by atoms with Crippen LogP contribution in [0.5, 0.6) is 0 Å². The second-order valence-corrected chi connectivity index (χ2v) is 6.04. The number of halogens is 2. The molecule has 2 aromatic rings. The molecule has 1 saturated heterocycles. The maximum absolute atomic E-state index is 14.3. The fourth-order valence-corrected chi connectivity index (χ4v) is 3.26. The van der Waals surface area contributed by atoms with Gasteiger partial charge in [-0.05, 0) is 61.3 Å². The van der Waals surface area contributed by atoms with Gasteiger partial charge >= 0.3 is 0 Å². The molecular formula is C18H20F2N2. The van der Waals surface area contributed by atoms with Crippen LogP contribution in [-0.4, -0.2) is 25.0 Å². The van der Waals surface area contributed by atoms with Gasteiger partial charge in [0.2, 0.25) is 0 Å². The Bertz CT molecular complexity index is 655. The molecule has 2 atom stereocenters. The first kappa shape index (κ1) is 15.1. The minimum absolute atomic E-state index is 0.0500. The fourth-order valence-electron chi connectivity index (χ4n) is 3.26. The van der Waals surface area contributed by atoms with Crippen LogP contribution in [0.25, 0.3) is 11.1 Å². The third-order valence-corrected chi connectivity index (χ3v) is 4.50. The molecule has 2 aromatic carbocycles. The van der Waals surface area contributed by atoms with Crippen LogP contribution >= 0.6 is 0 Å². The van der Waals surface area contributed by atoms with Crippen LogP contribution in [0.4, 0.5) is 8.78 Å². The van der Waals surface area contributed by atoms with Crippen LogP contribution in [0.15, 0.2) is 42.5 Å². The summed E-state index contributed by atoms with van der Waals surface area (Å²) in [5.74, 6) is -0.0586. The van der Waals surface area contributed by atoms with E-state index in [1.165, 1.54) is 18.2 Å². The zero-order valence-corrected chi connectivity index (χ0v) is 12.6. The maximum atomic E-state index is 14.3. The number of benzene rings is 2. The number of hydrogen-bond acceptors (Lipinski definition) is 2. The van der Waals surface area contributed by atoms with Crippen molar-refractivity contribution in [2.45, 2.75) is 12.5 Å². The first-order chi connectivity index (χ1) is 10.6. The van der Waals surface area contributed by atoms with Gasteiger partial charge in [0.25, 0.3) is 0 Å². The molecule has 22 heavy (non-hydrogen) atoms. The Kier molecular flexibility index (Phi) is 4.23. The third-order valence-electron chi connectivity index (χ3n) is 4.50. The lowest BCUT2D eigenvalue weighted by molar-refractivity contribution is 0.307. The van der Waals surface area contributed by atoms with E-state index in [2.05, 4.69) is 4.90 Å². The van der Waals surface area contributed by atoms with Crippen molar-refractivity contribution in [2.24, 2.45) is 11.7 Å². The average molecular weight is 302 g/mol. The minimum Gasteiger partial charge on any atom is -0.330 e. The van der Waals surface area contributed by atoms with Gasteiger partial charge in [0, 0.05) is 18.2 Å². The molecule has 3 rings (SSSR count). The third kappa shape index (κ3) is 2.89. The van der Waals surface area contributed by atoms with E-state index in [-0.39, 0.29) is 17.7 Å². The molecule has 1 aliphatic rings. The molecule has 1 fully saturated rings. The molecule has 2 nitrogen and oxygen atoms in total. The fraction of sp³-hybridized carbons (Fsp3) is 0.333. The zero-order valence-electron chi connectivity index (χ0n) is 12.6. The summed E-state index contributed by atoms with van der Waals surface area (Å²) in [6.07, 6.45) is 0.872. The van der Waals surface area contributed by atoms with E-state index in [0.717, 1.165) is 24.1 Å². The van der Waals surface area contributed by atoms with E-state index in [0.29, 0.717) is 18.0 Å². The van der Waals surface area contributed by atoms with E-state index in [4.69, 9.17) is 5.73 Å². The smallest absolute Gasteiger partial charge is 0.128 e. The second-order valence-electron chi connectivity index (χ2n) is 6.04. The summed E-state index contributed by atoms with van der Waals surface area (Å²) in [7, 11) is 2.00. The highest BCUT2D eigenvalue weighted by atomic mass is 19.1. The van der Waals surface area contributed by atoms with Crippen LogP contribution in [-0.2, 0) is 0 Å². The number of nitrogens with zero attached hydrogens (tertiary/aromatic N) is 1. The van der Waals surface area contributed by atoms with Gasteiger partial charge in [-0.25, -0.2) is 8.78 Å². The van der Waals surface area contributed by atoms with Crippen LogP contribution in [0.3, 0.4) is 0 Å². The molecule has 0 aromatic heterocycles. The molecule has 0 spiro atoms. The number of hydrogen-bond donors (Lipinski definition) is 1. The van der Waals surface area contributed by atoms with Gasteiger partial charge in [0.1, 0.15) is 11.6 Å². The molecule has 0 bridgehead atoms. The van der Waals surface area contributed by atoms with Gasteiger partial charge in [-0.2, -0.15) is 0 Å². The topological polar surface area (TPSA) is 29.3 Å². The van der Waals surface area contributed by atoms with Gasteiger partial charge in [-0.15, -0.1) is 0 Å². The monoisotopic (exact) mass is 302 g/mol. The lowest BCUT2D eigenvalue weighted by Crippen LogP contribution is -2.21. The molecule has 0 amide bonds. The first-order valence-corrected chi connectivity index (χ1v) is 7.54. The van der Waals surface area contributed by atoms with E-state index in [1.54, 1.807) is 18.2 Å². The van der Waals surface area contributed by atoms with Crippen molar-refractivity contribution in [3.05, 3.63) is 59.7 Å². The summed E-state index contributed by atoms with van der Waals surface area (Å²) >= 11 is 0. The van der Waals surface area contributed by atoms with Crippen molar-refractivity contribution in [2.75, 3.05) is 20.1 Å². The largest absolute Gasteiger partial charge is 0.330 e. The van der Waals surface area contributed by atoms with Crippen molar-refractivity contribution < 1.29 is 8.78 Å². The van der Waals surface area contributed by atoms with Crippen LogP contribution in [0, 0.1) is 17.6 Å². The number of rotatable bonds is 3. The molecule has 1 aliphatic heterocycles. The van der Waals surface area contributed by atoms with Crippen molar-refractivity contribution >= 4 is 0 Å². The Balaban J connectivity index is 1.95. The van der Waals surface area contributed by atoms with Crippen LogP contribution < -0.4 is 5.73 Å². The number of nitrogens with two attached hydrogens (primary N) is 1. The SMILES string of the molecule is CN1CC(CN)CC1c1cc(-c2ccc(F)cc2)ccc1F. The van der Waals surface area contributed by atoms with Crippen molar-refractivity contribution in [1.82, 2.24) is 4.90 Å². The minimum atomic E-state index is -0.271. The predicted octanol–water partition coefficient (Wildman–Crippen LogP) is 3.58. The molecule has 0 saturated carbocycles. The highest BCUT2D eigenvalue weighted by molar-refractivity contribution is 5.64. The average Bonchev–Trinajstić information content (AvgIpc) is 2.90. The lowest BCUT2D eigenvalue weighted by Gasteiger charge is -2.21. The van der Waals surface area contributed by atoms with Crippen molar-refractivity contribution in [3.63, 3.8) is 0 Å². The summed E-state index contributed by atoms with van der Waals surface area (Å²) in [4.78, 5) is 2.16. The van der Waals surface area contributed by atoms with Crippen molar-refractivity contribution in [1.29, 1.82) is 0 Å². The van der Waals surface area contributed by atoms with Gasteiger partial charge < -0.3 is 5.73 Å². The molecule has 0 aliphatic carbocycles. The van der Waals surface area contributed by atoms with E-state index in [1.807, 2.05) is 13.1 Å². The zero-order chi connectivity index (χ0) is 15.7. The molecule has 0 radical (unpaired) electrons. The maximum Gasteiger partial charge on any atom is 0.128 e. The predicted molar refractivity (Wildman–Crippen MR) is 84.3 cm³/mol. The Morgan fingerprint density at radius 2 is 1.77 bits per heavy atom. The van der Waals surface area contributed by atoms with Crippen LogP contribution in [0.1, 0.15) is 18.0 Å². The van der Waals surface area contributed by atoms with E-state index >= 15 is 0 Å². The Hall–Kier alpha value is -1.78. The quantitative estimate of drug-likeness (QED) is 0.939. The van der Waals surface area contributed by atoms with E-state index < -0.39 is 0 Å². The molecule has 1 heterocycles. The summed E-state index contributed by atoms with van der Waals surface area (Å²) in [6.45, 7) is 1.52. The highest BCUT2D eigenvalue weighted by Gasteiger charge is 2.31. The summed E-state index contributed by atoms with van der Waals surface area (Å²) in [6, 6.07) is 11.4. The lowest BCUT2D eigenvalue weighted by atomic mass is 9.95. The molecule has 116 valence electrons. The summed E-state index contributed by atoms with van der Waals surface area (Å²) in [5, 5.41) is 0. The molecular weight excluding hydrogens is 282 g/mol. The van der Waals surface area contributed by atoms with Gasteiger partial charge in [0.15, 0.2) is 0 Å². The van der Waals surface area contributed by atoms with Gasteiger partial charge in [0.05, 0.1) is 0 Å². The molecule has 4 heteroatoms. The van der Waals surface area contributed by atoms with E-state index in [9.17, 15) is 8.78 Å². The van der Waals surface area contributed by atoms with Gasteiger partial charge in [-0.3, -0.25) is 4.90 Å². The Labute approximate surface area is 129 Å². The standard InChI is InChI=1S/C18H20F2N2/c1-22-11-12(10-21)8-18(22)16-9-14(4-7-17(16)20)13-2-5-15(19)6-3-13/h2-7,9,12,18H,8,10-11,21H2,1H3. The molecule has 2 unspecified atom stereocenters. The molecule has 2 N–H and O–H groups in total. The number of likely N-dealkylation sites (tertiary alicyclic amines) is 1. The highest BCUT2D eigenvalue weighted by Crippen LogP contribution is 2.36. The normalized spacial score (nSPS) is 22.2. The first-order valence-electron chi connectivity index (χ1n) is 7.54. The summed E-state index contributed by atoms with van der Waals surface area (Å²) in [5.41, 5.74) is 8.24. The second kappa shape index (κ2) is 6.15. The van der Waals surface area contributed by atoms with Crippen LogP contribution in [0.2, 0.25) is 0 Å². The van der Waals surface area contributed by atoms with Crippen molar-refractivity contribution in [3.8, 4) is 11.1 Å². The Morgan fingerprint density at radius 3 is 2.41 bits per heavy atom. The Morgan fingerprint density at radius 1 is 1.09 bits per heavy atom.